The van der Waals surface area contributed by atoms with Crippen LogP contribution in [0.5, 0.6) is 0 Å². The van der Waals surface area contributed by atoms with Crippen molar-refractivity contribution in [2.75, 3.05) is 13.7 Å². The Morgan fingerprint density at radius 3 is 2.61 bits per heavy atom. The lowest BCUT2D eigenvalue weighted by atomic mass is 10.1. The van der Waals surface area contributed by atoms with E-state index in [4.69, 9.17) is 9.47 Å². The summed E-state index contributed by atoms with van der Waals surface area (Å²) >= 11 is 0. The van der Waals surface area contributed by atoms with E-state index in [1.807, 2.05) is 18.2 Å². The third kappa shape index (κ3) is 4.04. The second kappa shape index (κ2) is 6.75. The largest absolute Gasteiger partial charge is 0.442 e. The Hall–Kier alpha value is -2.47. The summed E-state index contributed by atoms with van der Waals surface area (Å²) in [5.74, 6) is 0. The van der Waals surface area contributed by atoms with E-state index in [-0.39, 0.29) is 6.61 Å². The topological polar surface area (TPSA) is 70.4 Å². The lowest BCUT2D eigenvalue weighted by molar-refractivity contribution is -0.105. The van der Waals surface area contributed by atoms with Crippen LogP contribution in [0.1, 0.15) is 26.5 Å². The van der Waals surface area contributed by atoms with Gasteiger partial charge in [-0.3, -0.25) is 4.79 Å². The molecule has 0 saturated heterocycles. The molecule has 0 N–H and O–H groups in total. The summed E-state index contributed by atoms with van der Waals surface area (Å²) in [6.45, 7) is 5.55. The van der Waals surface area contributed by atoms with E-state index < -0.39 is 11.7 Å². The van der Waals surface area contributed by atoms with Crippen LogP contribution in [0.25, 0.3) is 17.0 Å². The van der Waals surface area contributed by atoms with Gasteiger partial charge in [0.1, 0.15) is 11.9 Å². The molecule has 122 valence electrons. The van der Waals surface area contributed by atoms with Crippen molar-refractivity contribution in [3.05, 3.63) is 35.5 Å². The zero-order valence-electron chi connectivity index (χ0n) is 13.7. The van der Waals surface area contributed by atoms with E-state index in [2.05, 4.69) is 5.10 Å². The fourth-order valence-electron chi connectivity index (χ4n) is 2.09. The molecule has 0 bridgehead atoms. The number of benzene rings is 1. The molecule has 0 saturated carbocycles. The Morgan fingerprint density at radius 2 is 2.00 bits per heavy atom. The zero-order valence-corrected chi connectivity index (χ0v) is 13.7. The molecular formula is C17H20N2O4. The molecular weight excluding hydrogens is 296 g/mol. The smallest absolute Gasteiger partial charge is 0.435 e. The number of nitrogens with zero attached hydrogens (tertiary/aromatic N) is 2. The molecule has 1 aromatic heterocycles. The second-order valence-corrected chi connectivity index (χ2v) is 6.06. The van der Waals surface area contributed by atoms with Crippen molar-refractivity contribution in [3.63, 3.8) is 0 Å². The Kier molecular flexibility index (Phi) is 4.95. The Morgan fingerprint density at radius 1 is 1.30 bits per heavy atom. The van der Waals surface area contributed by atoms with Gasteiger partial charge in [-0.2, -0.15) is 9.78 Å². The quantitative estimate of drug-likeness (QED) is 0.640. The molecule has 1 heterocycles. The fraction of sp³-hybridized carbons (Fsp3) is 0.353. The maximum atomic E-state index is 12.3. The maximum Gasteiger partial charge on any atom is 0.435 e. The third-order valence-corrected chi connectivity index (χ3v) is 2.97. The van der Waals surface area contributed by atoms with Gasteiger partial charge in [0, 0.05) is 18.1 Å². The molecule has 0 radical (unpaired) electrons. The van der Waals surface area contributed by atoms with E-state index in [0.717, 1.165) is 5.39 Å². The number of carbonyl (C=O) groups is 2. The predicted molar refractivity (Wildman–Crippen MR) is 87.3 cm³/mol. The van der Waals surface area contributed by atoms with Crippen molar-refractivity contribution in [1.82, 2.24) is 9.78 Å². The summed E-state index contributed by atoms with van der Waals surface area (Å²) in [5.41, 5.74) is 0.956. The first-order valence-electron chi connectivity index (χ1n) is 7.21. The van der Waals surface area contributed by atoms with Crippen LogP contribution in [0.15, 0.2) is 29.8 Å². The number of ether oxygens (including phenoxy) is 2. The van der Waals surface area contributed by atoms with Gasteiger partial charge in [-0.05, 0) is 32.9 Å². The number of para-hydroxylation sites is 1. The van der Waals surface area contributed by atoms with E-state index in [9.17, 15) is 9.59 Å². The van der Waals surface area contributed by atoms with E-state index in [1.165, 1.54) is 11.8 Å². The van der Waals surface area contributed by atoms with Crippen LogP contribution in [0, 0.1) is 0 Å². The molecule has 0 amide bonds. The maximum absolute atomic E-state index is 12.3. The molecule has 0 spiro atoms. The molecule has 0 aliphatic rings. The first-order chi connectivity index (χ1) is 10.9. The monoisotopic (exact) mass is 316 g/mol. The van der Waals surface area contributed by atoms with Crippen LogP contribution in [0.2, 0.25) is 0 Å². The molecule has 1 aromatic carbocycles. The molecule has 0 aliphatic heterocycles. The van der Waals surface area contributed by atoms with Crippen LogP contribution in [0.4, 0.5) is 4.79 Å². The molecule has 0 fully saturated rings. The van der Waals surface area contributed by atoms with Crippen molar-refractivity contribution >= 4 is 29.4 Å². The summed E-state index contributed by atoms with van der Waals surface area (Å²) in [4.78, 5) is 23.4. The van der Waals surface area contributed by atoms with Crippen molar-refractivity contribution in [3.8, 4) is 0 Å². The number of aldehydes is 1. The minimum absolute atomic E-state index is 0.178. The van der Waals surface area contributed by atoms with Crippen molar-refractivity contribution in [2.24, 2.45) is 0 Å². The van der Waals surface area contributed by atoms with Gasteiger partial charge in [-0.25, -0.2) is 4.79 Å². The van der Waals surface area contributed by atoms with E-state index >= 15 is 0 Å². The molecule has 0 unspecified atom stereocenters. The summed E-state index contributed by atoms with van der Waals surface area (Å²) in [7, 11) is 1.51. The number of methoxy groups -OCH3 is 1. The van der Waals surface area contributed by atoms with Gasteiger partial charge in [0.25, 0.3) is 0 Å². The van der Waals surface area contributed by atoms with Gasteiger partial charge in [0.05, 0.1) is 17.8 Å². The highest BCUT2D eigenvalue weighted by atomic mass is 16.6. The lowest BCUT2D eigenvalue weighted by Crippen LogP contribution is -2.27. The summed E-state index contributed by atoms with van der Waals surface area (Å²) in [6, 6.07) is 7.27. The normalized spacial score (nSPS) is 12.4. The minimum Gasteiger partial charge on any atom is -0.442 e. The highest BCUT2D eigenvalue weighted by Gasteiger charge is 2.21. The van der Waals surface area contributed by atoms with E-state index in [0.29, 0.717) is 23.1 Å². The standard InChI is InChI=1S/C17H20N2O4/c1-17(2,3)23-16(21)19-15-8-6-5-7-13(15)14(18-19)9-12(10-20)11-22-4/h5-10H,11H2,1-4H3/b12-9+. The minimum atomic E-state index is -0.621. The summed E-state index contributed by atoms with van der Waals surface area (Å²) in [5, 5.41) is 5.05. The van der Waals surface area contributed by atoms with Crippen LogP contribution in [-0.4, -0.2) is 41.5 Å². The summed E-state index contributed by atoms with van der Waals surface area (Å²) < 4.78 is 11.6. The second-order valence-electron chi connectivity index (χ2n) is 6.06. The van der Waals surface area contributed by atoms with Gasteiger partial charge >= 0.3 is 6.09 Å². The van der Waals surface area contributed by atoms with Gasteiger partial charge in [-0.1, -0.05) is 18.2 Å². The van der Waals surface area contributed by atoms with Gasteiger partial charge in [0.2, 0.25) is 0 Å². The van der Waals surface area contributed by atoms with Crippen molar-refractivity contribution in [2.45, 2.75) is 26.4 Å². The fourth-order valence-corrected chi connectivity index (χ4v) is 2.09. The van der Waals surface area contributed by atoms with Gasteiger partial charge in [0.15, 0.2) is 0 Å². The summed E-state index contributed by atoms with van der Waals surface area (Å²) in [6.07, 6.45) is 1.76. The average molecular weight is 316 g/mol. The molecule has 0 atom stereocenters. The number of fused-ring (bicyclic) bond motifs is 1. The predicted octanol–water partition coefficient (Wildman–Crippen LogP) is 3.05. The van der Waals surface area contributed by atoms with Crippen LogP contribution in [-0.2, 0) is 14.3 Å². The zero-order chi connectivity index (χ0) is 17.0. The Balaban J connectivity index is 2.52. The molecule has 2 rings (SSSR count). The number of carbonyl (C=O) groups excluding carboxylic acids is 2. The Labute approximate surface area is 134 Å². The van der Waals surface area contributed by atoms with Crippen LogP contribution in [0.3, 0.4) is 0 Å². The first kappa shape index (κ1) is 16.9. The lowest BCUT2D eigenvalue weighted by Gasteiger charge is -2.19. The van der Waals surface area contributed by atoms with Crippen LogP contribution < -0.4 is 0 Å². The van der Waals surface area contributed by atoms with Crippen LogP contribution >= 0.6 is 0 Å². The van der Waals surface area contributed by atoms with Gasteiger partial charge in [-0.15, -0.1) is 0 Å². The first-order valence-corrected chi connectivity index (χ1v) is 7.21. The van der Waals surface area contributed by atoms with Gasteiger partial charge < -0.3 is 9.47 Å². The number of rotatable bonds is 4. The average Bonchev–Trinajstić information content (AvgIpc) is 2.84. The molecule has 2 aromatic rings. The SMILES string of the molecule is COC/C(C=O)=C/c1nn(C(=O)OC(C)(C)C)c2ccccc12. The molecule has 0 aliphatic carbocycles. The third-order valence-electron chi connectivity index (χ3n) is 2.97. The molecule has 23 heavy (non-hydrogen) atoms. The highest BCUT2D eigenvalue weighted by molar-refractivity contribution is 5.95. The number of hydrogen-bond donors (Lipinski definition) is 0. The number of aromatic nitrogens is 2. The molecule has 6 nitrogen and oxygen atoms in total. The van der Waals surface area contributed by atoms with E-state index in [1.54, 1.807) is 32.9 Å². The highest BCUT2D eigenvalue weighted by Crippen LogP contribution is 2.22. The van der Waals surface area contributed by atoms with Crippen molar-refractivity contribution in [1.29, 1.82) is 0 Å². The Bertz CT molecular complexity index is 754. The van der Waals surface area contributed by atoms with Crippen molar-refractivity contribution < 1.29 is 19.1 Å². The number of hydrogen-bond acceptors (Lipinski definition) is 5. The molecule has 6 heteroatoms.